The van der Waals surface area contributed by atoms with E-state index in [1.165, 1.54) is 16.0 Å². The van der Waals surface area contributed by atoms with E-state index in [2.05, 4.69) is 47.4 Å². The molecule has 4 heteroatoms. The molecule has 0 amide bonds. The number of ether oxygens (including phenoxy) is 1. The van der Waals surface area contributed by atoms with Crippen molar-refractivity contribution in [1.29, 1.82) is 0 Å². The molecule has 21 heavy (non-hydrogen) atoms. The van der Waals surface area contributed by atoms with Gasteiger partial charge in [0.2, 0.25) is 0 Å². The van der Waals surface area contributed by atoms with Gasteiger partial charge in [-0.1, -0.05) is 30.3 Å². The van der Waals surface area contributed by atoms with Gasteiger partial charge in [0.1, 0.15) is 5.01 Å². The first-order chi connectivity index (χ1) is 10.4. The maximum Gasteiger partial charge on any atom is 0.124 e. The Morgan fingerprint density at radius 3 is 2.62 bits per heavy atom. The number of aromatic nitrogens is 1. The molecular formula is C17H16N2OS. The third kappa shape index (κ3) is 2.52. The topological polar surface area (TPSA) is 25.4 Å². The molecule has 4 rings (SSSR count). The monoisotopic (exact) mass is 296 g/mol. The smallest absolute Gasteiger partial charge is 0.124 e. The number of nitrogens with zero attached hydrogens (tertiary/aromatic N) is 2. The molecule has 3 aromatic rings. The summed E-state index contributed by atoms with van der Waals surface area (Å²) >= 11 is 1.75. The maximum absolute atomic E-state index is 5.42. The molecule has 1 fully saturated rings. The predicted octanol–water partition coefficient (Wildman–Crippen LogP) is 3.80. The average Bonchev–Trinajstić information content (AvgIpc) is 2.99. The van der Waals surface area contributed by atoms with Crippen molar-refractivity contribution in [3.8, 4) is 10.6 Å². The van der Waals surface area contributed by atoms with Gasteiger partial charge in [-0.25, -0.2) is 4.98 Å². The third-order valence-corrected chi connectivity index (χ3v) is 4.85. The minimum absolute atomic E-state index is 0.810. The van der Waals surface area contributed by atoms with Crippen molar-refractivity contribution >= 4 is 27.2 Å². The Morgan fingerprint density at radius 1 is 1.00 bits per heavy atom. The van der Waals surface area contributed by atoms with Crippen LogP contribution in [0.2, 0.25) is 0 Å². The van der Waals surface area contributed by atoms with Gasteiger partial charge in [0.25, 0.3) is 0 Å². The summed E-state index contributed by atoms with van der Waals surface area (Å²) in [6, 6.07) is 16.9. The molecule has 2 heterocycles. The molecule has 0 saturated carbocycles. The summed E-state index contributed by atoms with van der Waals surface area (Å²) in [5, 5.41) is 1.09. The van der Waals surface area contributed by atoms with Crippen LogP contribution in [0.1, 0.15) is 0 Å². The second-order valence-corrected chi connectivity index (χ2v) is 6.17. The zero-order chi connectivity index (χ0) is 14.1. The molecule has 1 aliphatic rings. The highest BCUT2D eigenvalue weighted by atomic mass is 32.1. The predicted molar refractivity (Wildman–Crippen MR) is 88.1 cm³/mol. The summed E-state index contributed by atoms with van der Waals surface area (Å²) in [5.41, 5.74) is 3.52. The quantitative estimate of drug-likeness (QED) is 0.719. The molecule has 2 aromatic carbocycles. The average molecular weight is 296 g/mol. The molecule has 1 aliphatic heterocycles. The fourth-order valence-electron chi connectivity index (χ4n) is 2.64. The number of morpholine rings is 1. The van der Waals surface area contributed by atoms with Crippen molar-refractivity contribution < 1.29 is 4.74 Å². The van der Waals surface area contributed by atoms with Crippen molar-refractivity contribution in [3.05, 3.63) is 48.5 Å². The molecule has 1 aromatic heterocycles. The highest BCUT2D eigenvalue weighted by molar-refractivity contribution is 7.21. The Kier molecular flexibility index (Phi) is 3.33. The van der Waals surface area contributed by atoms with E-state index in [1.807, 2.05) is 6.07 Å². The normalized spacial score (nSPS) is 15.5. The Bertz CT molecular complexity index is 748. The Labute approximate surface area is 127 Å². The minimum atomic E-state index is 0.810. The van der Waals surface area contributed by atoms with Crippen LogP contribution in [0.5, 0.6) is 0 Å². The van der Waals surface area contributed by atoms with E-state index < -0.39 is 0 Å². The van der Waals surface area contributed by atoms with Crippen molar-refractivity contribution in [3.63, 3.8) is 0 Å². The molecule has 0 unspecified atom stereocenters. The molecule has 106 valence electrons. The lowest BCUT2D eigenvalue weighted by molar-refractivity contribution is 0.122. The summed E-state index contributed by atoms with van der Waals surface area (Å²) in [6.45, 7) is 3.54. The second-order valence-electron chi connectivity index (χ2n) is 5.14. The van der Waals surface area contributed by atoms with E-state index >= 15 is 0 Å². The number of fused-ring (bicyclic) bond motifs is 1. The van der Waals surface area contributed by atoms with Gasteiger partial charge in [0.15, 0.2) is 0 Å². The summed E-state index contributed by atoms with van der Waals surface area (Å²) in [6.07, 6.45) is 0. The first-order valence-electron chi connectivity index (χ1n) is 7.19. The number of hydrogen-bond donors (Lipinski definition) is 0. The van der Waals surface area contributed by atoms with Crippen LogP contribution in [0.3, 0.4) is 0 Å². The van der Waals surface area contributed by atoms with Gasteiger partial charge < -0.3 is 9.64 Å². The molecule has 0 bridgehead atoms. The lowest BCUT2D eigenvalue weighted by Gasteiger charge is -2.28. The fourth-order valence-corrected chi connectivity index (χ4v) is 3.59. The van der Waals surface area contributed by atoms with E-state index in [0.29, 0.717) is 0 Å². The van der Waals surface area contributed by atoms with Crippen molar-refractivity contribution in [2.75, 3.05) is 31.2 Å². The molecular weight excluding hydrogens is 280 g/mol. The number of benzene rings is 2. The van der Waals surface area contributed by atoms with Gasteiger partial charge in [-0.15, -0.1) is 11.3 Å². The highest BCUT2D eigenvalue weighted by Gasteiger charge is 2.13. The molecule has 0 atom stereocenters. The standard InChI is InChI=1S/C17H16N2OS/c1-2-4-13(5-3-1)17-18-15-12-14(6-7-16(15)21-17)19-8-10-20-11-9-19/h1-7,12H,8-11H2. The van der Waals surface area contributed by atoms with Crippen molar-refractivity contribution in [1.82, 2.24) is 4.98 Å². The van der Waals surface area contributed by atoms with Gasteiger partial charge in [-0.2, -0.15) is 0 Å². The van der Waals surface area contributed by atoms with Crippen LogP contribution in [0.25, 0.3) is 20.8 Å². The third-order valence-electron chi connectivity index (χ3n) is 3.77. The van der Waals surface area contributed by atoms with E-state index in [1.54, 1.807) is 11.3 Å². The van der Waals surface area contributed by atoms with Crippen LogP contribution < -0.4 is 4.90 Å². The molecule has 3 nitrogen and oxygen atoms in total. The molecule has 0 N–H and O–H groups in total. The zero-order valence-corrected chi connectivity index (χ0v) is 12.5. The van der Waals surface area contributed by atoms with E-state index in [4.69, 9.17) is 9.72 Å². The van der Waals surface area contributed by atoms with Crippen LogP contribution >= 0.6 is 11.3 Å². The number of rotatable bonds is 2. The van der Waals surface area contributed by atoms with Gasteiger partial charge >= 0.3 is 0 Å². The molecule has 0 spiro atoms. The highest BCUT2D eigenvalue weighted by Crippen LogP contribution is 2.32. The van der Waals surface area contributed by atoms with Crippen LogP contribution in [-0.2, 0) is 4.74 Å². The second kappa shape index (κ2) is 5.47. The Morgan fingerprint density at radius 2 is 1.81 bits per heavy atom. The Balaban J connectivity index is 1.71. The van der Waals surface area contributed by atoms with Gasteiger partial charge in [-0.3, -0.25) is 0 Å². The minimum Gasteiger partial charge on any atom is -0.378 e. The first-order valence-corrected chi connectivity index (χ1v) is 8.00. The van der Waals surface area contributed by atoms with Gasteiger partial charge in [0, 0.05) is 24.3 Å². The van der Waals surface area contributed by atoms with Crippen LogP contribution in [-0.4, -0.2) is 31.3 Å². The SMILES string of the molecule is c1ccc(-c2nc3cc(N4CCOCC4)ccc3s2)cc1. The van der Waals surface area contributed by atoms with Crippen LogP contribution in [0, 0.1) is 0 Å². The fraction of sp³-hybridized carbons (Fsp3) is 0.235. The molecule has 1 saturated heterocycles. The van der Waals surface area contributed by atoms with Crippen molar-refractivity contribution in [2.24, 2.45) is 0 Å². The van der Waals surface area contributed by atoms with Gasteiger partial charge in [-0.05, 0) is 18.2 Å². The van der Waals surface area contributed by atoms with E-state index in [-0.39, 0.29) is 0 Å². The number of hydrogen-bond acceptors (Lipinski definition) is 4. The summed E-state index contributed by atoms with van der Waals surface area (Å²) in [7, 11) is 0. The summed E-state index contributed by atoms with van der Waals surface area (Å²) < 4.78 is 6.66. The maximum atomic E-state index is 5.42. The largest absolute Gasteiger partial charge is 0.378 e. The van der Waals surface area contributed by atoms with Crippen LogP contribution in [0.4, 0.5) is 5.69 Å². The molecule has 0 radical (unpaired) electrons. The zero-order valence-electron chi connectivity index (χ0n) is 11.7. The molecule has 0 aliphatic carbocycles. The van der Waals surface area contributed by atoms with Gasteiger partial charge in [0.05, 0.1) is 23.4 Å². The number of thiazole rings is 1. The summed E-state index contributed by atoms with van der Waals surface area (Å²) in [5.74, 6) is 0. The van der Waals surface area contributed by atoms with E-state index in [9.17, 15) is 0 Å². The van der Waals surface area contributed by atoms with E-state index in [0.717, 1.165) is 36.8 Å². The number of anilines is 1. The Hall–Kier alpha value is -1.91. The lowest BCUT2D eigenvalue weighted by atomic mass is 10.2. The first kappa shape index (κ1) is 12.8. The summed E-state index contributed by atoms with van der Waals surface area (Å²) in [4.78, 5) is 7.16. The van der Waals surface area contributed by atoms with Crippen molar-refractivity contribution in [2.45, 2.75) is 0 Å². The van der Waals surface area contributed by atoms with Crippen LogP contribution in [0.15, 0.2) is 48.5 Å². The lowest BCUT2D eigenvalue weighted by Crippen LogP contribution is -2.36.